The number of carbonyl (C=O) groups excluding carboxylic acids is 1. The fourth-order valence-electron chi connectivity index (χ4n) is 3.86. The molecule has 3 aromatic rings. The van der Waals surface area contributed by atoms with Crippen molar-refractivity contribution in [2.24, 2.45) is 5.92 Å². The second-order valence-electron chi connectivity index (χ2n) is 8.82. The lowest BCUT2D eigenvalue weighted by Gasteiger charge is -2.29. The zero-order chi connectivity index (χ0) is 26.8. The van der Waals surface area contributed by atoms with Crippen molar-refractivity contribution in [3.63, 3.8) is 0 Å². The number of nitrogens with one attached hydrogen (secondary N) is 2. The molecule has 4 rings (SSSR count). The smallest absolute Gasteiger partial charge is 0.261 e. The first-order valence-corrected chi connectivity index (χ1v) is 15.1. The minimum Gasteiger partial charge on any atom is -0.322 e. The Morgan fingerprint density at radius 1 is 0.838 bits per heavy atom. The highest BCUT2D eigenvalue weighted by Gasteiger charge is 2.29. The number of nitrogens with zero attached hydrogens (tertiary/aromatic N) is 1. The van der Waals surface area contributed by atoms with Gasteiger partial charge in [0.2, 0.25) is 10.0 Å². The summed E-state index contributed by atoms with van der Waals surface area (Å²) in [5.41, 5.74) is 0.657. The third kappa shape index (κ3) is 6.45. The van der Waals surface area contributed by atoms with Crippen molar-refractivity contribution in [3.05, 3.63) is 82.3 Å². The molecule has 0 spiro atoms. The van der Waals surface area contributed by atoms with Crippen molar-refractivity contribution >= 4 is 60.5 Å². The van der Waals surface area contributed by atoms with Crippen molar-refractivity contribution in [2.45, 2.75) is 29.6 Å². The number of halogens is 2. The van der Waals surface area contributed by atoms with Gasteiger partial charge in [-0.15, -0.1) is 0 Å². The van der Waals surface area contributed by atoms with Crippen LogP contribution in [0.3, 0.4) is 0 Å². The number of hydrogen-bond acceptors (Lipinski definition) is 5. The minimum absolute atomic E-state index is 0.00535. The predicted molar refractivity (Wildman–Crippen MR) is 145 cm³/mol. The van der Waals surface area contributed by atoms with Gasteiger partial charge in [0.25, 0.3) is 15.9 Å². The summed E-state index contributed by atoms with van der Waals surface area (Å²) in [6.45, 7) is 2.94. The van der Waals surface area contributed by atoms with Crippen LogP contribution in [-0.4, -0.2) is 40.1 Å². The van der Waals surface area contributed by atoms with Crippen molar-refractivity contribution in [3.8, 4) is 0 Å². The van der Waals surface area contributed by atoms with Crippen LogP contribution in [0.4, 0.5) is 11.4 Å². The van der Waals surface area contributed by atoms with Crippen LogP contribution >= 0.6 is 23.2 Å². The van der Waals surface area contributed by atoms with E-state index in [-0.39, 0.29) is 20.4 Å². The fraction of sp³-hybridized carbons (Fsp3) is 0.240. The van der Waals surface area contributed by atoms with Gasteiger partial charge in [-0.25, -0.2) is 16.8 Å². The molecule has 1 aliphatic rings. The van der Waals surface area contributed by atoms with Gasteiger partial charge in [0, 0.05) is 29.5 Å². The first-order chi connectivity index (χ1) is 17.5. The van der Waals surface area contributed by atoms with E-state index in [9.17, 15) is 21.6 Å². The molecule has 0 unspecified atom stereocenters. The third-order valence-corrected chi connectivity index (χ3v) is 9.96. The Kier molecular flexibility index (Phi) is 8.15. The lowest BCUT2D eigenvalue weighted by Crippen LogP contribution is -2.37. The van der Waals surface area contributed by atoms with Crippen LogP contribution in [0.5, 0.6) is 0 Å². The van der Waals surface area contributed by atoms with Crippen molar-refractivity contribution in [1.29, 1.82) is 0 Å². The Morgan fingerprint density at radius 2 is 1.41 bits per heavy atom. The summed E-state index contributed by atoms with van der Waals surface area (Å²) >= 11 is 12.1. The summed E-state index contributed by atoms with van der Waals surface area (Å²) in [4.78, 5) is 12.9. The van der Waals surface area contributed by atoms with Gasteiger partial charge in [0.15, 0.2) is 0 Å². The fourth-order valence-corrected chi connectivity index (χ4v) is 6.75. The normalized spacial score (nSPS) is 15.3. The highest BCUT2D eigenvalue weighted by Crippen LogP contribution is 2.27. The van der Waals surface area contributed by atoms with Gasteiger partial charge in [-0.1, -0.05) is 30.1 Å². The summed E-state index contributed by atoms with van der Waals surface area (Å²) in [7, 11) is -7.63. The first kappa shape index (κ1) is 27.4. The van der Waals surface area contributed by atoms with E-state index in [2.05, 4.69) is 17.0 Å². The number of benzene rings is 3. The molecule has 1 saturated heterocycles. The van der Waals surface area contributed by atoms with Crippen LogP contribution in [0, 0.1) is 5.92 Å². The lowest BCUT2D eigenvalue weighted by atomic mass is 10.0. The Bertz CT molecular complexity index is 1500. The quantitative estimate of drug-likeness (QED) is 0.384. The van der Waals surface area contributed by atoms with E-state index in [0.29, 0.717) is 35.4 Å². The molecule has 0 saturated carbocycles. The number of piperidine rings is 1. The van der Waals surface area contributed by atoms with E-state index in [1.165, 1.54) is 46.8 Å². The molecule has 3 aromatic carbocycles. The molecule has 0 bridgehead atoms. The van der Waals surface area contributed by atoms with E-state index < -0.39 is 26.0 Å². The highest BCUT2D eigenvalue weighted by molar-refractivity contribution is 7.92. The van der Waals surface area contributed by atoms with Crippen molar-refractivity contribution in [2.75, 3.05) is 23.1 Å². The summed E-state index contributed by atoms with van der Waals surface area (Å²) in [6, 6.07) is 15.8. The summed E-state index contributed by atoms with van der Waals surface area (Å²) in [5.74, 6) is -0.156. The summed E-state index contributed by atoms with van der Waals surface area (Å²) < 4.78 is 55.4. The predicted octanol–water partition coefficient (Wildman–Crippen LogP) is 5.47. The lowest BCUT2D eigenvalue weighted by molar-refractivity contribution is 0.102. The molecule has 0 atom stereocenters. The maximum absolute atomic E-state index is 13.1. The second-order valence-corrected chi connectivity index (χ2v) is 13.3. The molecular formula is C25H25Cl2N3O5S2. The topological polar surface area (TPSA) is 113 Å². The Morgan fingerprint density at radius 3 is 2.03 bits per heavy atom. The average molecular weight is 583 g/mol. The number of hydrogen-bond donors (Lipinski definition) is 2. The maximum atomic E-state index is 13.1. The molecule has 0 radical (unpaired) electrons. The average Bonchev–Trinajstić information content (AvgIpc) is 2.86. The molecule has 1 aliphatic heterocycles. The zero-order valence-electron chi connectivity index (χ0n) is 19.8. The van der Waals surface area contributed by atoms with Gasteiger partial charge in [-0.05, 0) is 85.5 Å². The van der Waals surface area contributed by atoms with Crippen LogP contribution < -0.4 is 10.0 Å². The molecule has 196 valence electrons. The van der Waals surface area contributed by atoms with Gasteiger partial charge in [0.1, 0.15) is 0 Å². The monoisotopic (exact) mass is 581 g/mol. The van der Waals surface area contributed by atoms with E-state index in [4.69, 9.17) is 23.2 Å². The van der Waals surface area contributed by atoms with E-state index in [1.807, 2.05) is 0 Å². The Balaban J connectivity index is 1.49. The van der Waals surface area contributed by atoms with Gasteiger partial charge < -0.3 is 5.32 Å². The van der Waals surface area contributed by atoms with Crippen LogP contribution in [-0.2, 0) is 20.0 Å². The SMILES string of the molecule is CC1CCN(S(=O)(=O)c2ccc(Cl)c(C(=O)Nc3ccc(S(=O)(=O)Nc4ccc(Cl)cc4)cc3)c2)CC1. The summed E-state index contributed by atoms with van der Waals surface area (Å²) in [5, 5.41) is 3.21. The van der Waals surface area contributed by atoms with Gasteiger partial charge in [-0.3, -0.25) is 9.52 Å². The Hall–Kier alpha value is -2.63. The zero-order valence-corrected chi connectivity index (χ0v) is 23.0. The van der Waals surface area contributed by atoms with Crippen molar-refractivity contribution < 1.29 is 21.6 Å². The molecule has 1 amide bonds. The minimum atomic E-state index is -3.86. The first-order valence-electron chi connectivity index (χ1n) is 11.5. The van der Waals surface area contributed by atoms with E-state index in [1.54, 1.807) is 24.3 Å². The standard InChI is InChI=1S/C25H25Cl2N3O5S2/c1-17-12-14-30(15-13-17)37(34,35)22-10-11-24(27)23(16-22)25(31)28-19-6-8-21(9-7-19)36(32,33)29-20-4-2-18(26)3-5-20/h2-11,16-17,29H,12-15H2,1H3,(H,28,31). The third-order valence-electron chi connectivity index (χ3n) is 6.08. The molecule has 12 heteroatoms. The Labute approximate surface area is 226 Å². The van der Waals surface area contributed by atoms with Gasteiger partial charge in [0.05, 0.1) is 20.4 Å². The number of rotatable bonds is 7. The van der Waals surface area contributed by atoms with Crippen LogP contribution in [0.25, 0.3) is 0 Å². The largest absolute Gasteiger partial charge is 0.322 e. The molecule has 1 fully saturated rings. The molecule has 1 heterocycles. The number of sulfonamides is 2. The van der Waals surface area contributed by atoms with Crippen LogP contribution in [0.15, 0.2) is 76.5 Å². The molecule has 2 N–H and O–H groups in total. The molecule has 0 aliphatic carbocycles. The van der Waals surface area contributed by atoms with E-state index in [0.717, 1.165) is 12.8 Å². The molecule has 8 nitrogen and oxygen atoms in total. The van der Waals surface area contributed by atoms with Crippen molar-refractivity contribution in [1.82, 2.24) is 4.31 Å². The number of amides is 1. The molecular weight excluding hydrogens is 557 g/mol. The maximum Gasteiger partial charge on any atom is 0.261 e. The van der Waals surface area contributed by atoms with Gasteiger partial charge in [-0.2, -0.15) is 4.31 Å². The van der Waals surface area contributed by atoms with E-state index >= 15 is 0 Å². The summed E-state index contributed by atoms with van der Waals surface area (Å²) in [6.07, 6.45) is 1.56. The number of anilines is 2. The highest BCUT2D eigenvalue weighted by atomic mass is 35.5. The van der Waals surface area contributed by atoms with Crippen LogP contribution in [0.1, 0.15) is 30.1 Å². The second kappa shape index (κ2) is 11.0. The molecule has 37 heavy (non-hydrogen) atoms. The molecule has 0 aromatic heterocycles. The van der Waals surface area contributed by atoms with Gasteiger partial charge >= 0.3 is 0 Å². The number of carbonyl (C=O) groups is 1. The van der Waals surface area contributed by atoms with Crippen LogP contribution in [0.2, 0.25) is 10.0 Å².